The minimum atomic E-state index is -4.82. The number of nitrogens with one attached hydrogen (secondary N) is 2. The zero-order valence-corrected chi connectivity index (χ0v) is 14.2. The first kappa shape index (κ1) is 18.0. The molecule has 25 heavy (non-hydrogen) atoms. The summed E-state index contributed by atoms with van der Waals surface area (Å²) in [5.41, 5.74) is 0. The SMILES string of the molecule is O=C(CNC(=O)[C@@H]1CC[C@@H]2CN1C(=O)N2OS(=O)(=O)O)C1CCNC1. The molecule has 3 atom stereocenters. The number of ketones is 1. The van der Waals surface area contributed by atoms with E-state index in [0.717, 1.165) is 13.0 Å². The quantitative estimate of drug-likeness (QED) is 0.464. The molecule has 0 radical (unpaired) electrons. The molecule has 2 bridgehead atoms. The zero-order chi connectivity index (χ0) is 18.2. The second-order valence-corrected chi connectivity index (χ2v) is 7.39. The summed E-state index contributed by atoms with van der Waals surface area (Å²) >= 11 is 0. The average molecular weight is 376 g/mol. The molecule has 140 valence electrons. The number of amides is 3. The Hall–Kier alpha value is -1.76. The van der Waals surface area contributed by atoms with Gasteiger partial charge in [0, 0.05) is 19.0 Å². The van der Waals surface area contributed by atoms with Gasteiger partial charge in [0.25, 0.3) is 0 Å². The van der Waals surface area contributed by atoms with Crippen LogP contribution in [0.15, 0.2) is 0 Å². The molecule has 3 amide bonds. The first-order valence-corrected chi connectivity index (χ1v) is 9.41. The third kappa shape index (κ3) is 3.92. The van der Waals surface area contributed by atoms with E-state index in [0.29, 0.717) is 24.4 Å². The topological polar surface area (TPSA) is 145 Å². The van der Waals surface area contributed by atoms with E-state index in [4.69, 9.17) is 4.55 Å². The van der Waals surface area contributed by atoms with E-state index < -0.39 is 34.4 Å². The number of nitrogens with zero attached hydrogens (tertiary/aromatic N) is 2. The Morgan fingerprint density at radius 2 is 2.08 bits per heavy atom. The van der Waals surface area contributed by atoms with Gasteiger partial charge in [-0.1, -0.05) is 0 Å². The van der Waals surface area contributed by atoms with Gasteiger partial charge in [-0.05, 0) is 25.8 Å². The number of hydrogen-bond donors (Lipinski definition) is 3. The van der Waals surface area contributed by atoms with Crippen LogP contribution < -0.4 is 10.6 Å². The second kappa shape index (κ2) is 6.86. The Morgan fingerprint density at radius 3 is 2.72 bits per heavy atom. The third-order valence-electron chi connectivity index (χ3n) is 4.75. The predicted octanol–water partition coefficient (Wildman–Crippen LogP) is -1.72. The molecule has 3 rings (SSSR count). The van der Waals surface area contributed by atoms with Crippen molar-refractivity contribution >= 4 is 28.1 Å². The normalized spacial score (nSPS) is 29.2. The van der Waals surface area contributed by atoms with Gasteiger partial charge in [0.15, 0.2) is 5.78 Å². The van der Waals surface area contributed by atoms with Crippen molar-refractivity contribution < 1.29 is 31.6 Å². The maximum absolute atomic E-state index is 12.3. The number of piperidine rings is 1. The van der Waals surface area contributed by atoms with E-state index in [2.05, 4.69) is 14.9 Å². The van der Waals surface area contributed by atoms with Crippen LogP contribution in [0.25, 0.3) is 0 Å². The molecule has 0 aromatic heterocycles. The lowest BCUT2D eigenvalue weighted by molar-refractivity contribution is -0.129. The molecule has 3 heterocycles. The molecule has 0 saturated carbocycles. The van der Waals surface area contributed by atoms with E-state index in [-0.39, 0.29) is 24.8 Å². The van der Waals surface area contributed by atoms with Crippen LogP contribution in [0.2, 0.25) is 0 Å². The van der Waals surface area contributed by atoms with Gasteiger partial charge in [0.2, 0.25) is 5.91 Å². The Morgan fingerprint density at radius 1 is 1.32 bits per heavy atom. The summed E-state index contributed by atoms with van der Waals surface area (Å²) in [5, 5.41) is 6.22. The molecule has 12 heteroatoms. The van der Waals surface area contributed by atoms with Gasteiger partial charge in [-0.15, -0.1) is 4.28 Å². The lowest BCUT2D eigenvalue weighted by Gasteiger charge is -2.29. The second-order valence-electron chi connectivity index (χ2n) is 6.38. The molecule has 0 spiro atoms. The molecule has 0 aromatic carbocycles. The Balaban J connectivity index is 1.57. The smallest absolute Gasteiger partial charge is 0.347 e. The van der Waals surface area contributed by atoms with Gasteiger partial charge in [-0.25, -0.2) is 4.79 Å². The summed E-state index contributed by atoms with van der Waals surface area (Å²) in [4.78, 5) is 37.8. The van der Waals surface area contributed by atoms with Crippen molar-refractivity contribution in [2.75, 3.05) is 26.2 Å². The van der Waals surface area contributed by atoms with Gasteiger partial charge in [0.05, 0.1) is 12.6 Å². The average Bonchev–Trinajstić information content (AvgIpc) is 3.16. The van der Waals surface area contributed by atoms with Crippen molar-refractivity contribution in [1.29, 1.82) is 0 Å². The Kier molecular flexibility index (Phi) is 4.95. The van der Waals surface area contributed by atoms with Gasteiger partial charge >= 0.3 is 16.4 Å². The summed E-state index contributed by atoms with van der Waals surface area (Å²) < 4.78 is 34.7. The first-order valence-electron chi connectivity index (χ1n) is 8.04. The Labute approximate surface area is 144 Å². The first-order chi connectivity index (χ1) is 11.8. The van der Waals surface area contributed by atoms with Crippen LogP contribution in [0.4, 0.5) is 4.79 Å². The van der Waals surface area contributed by atoms with Crippen molar-refractivity contribution in [3.63, 3.8) is 0 Å². The fraction of sp³-hybridized carbons (Fsp3) is 0.769. The molecule has 11 nitrogen and oxygen atoms in total. The molecular formula is C13H20N4O7S. The number of fused-ring (bicyclic) bond motifs is 2. The van der Waals surface area contributed by atoms with Crippen molar-refractivity contribution in [1.82, 2.24) is 20.6 Å². The fourth-order valence-electron chi connectivity index (χ4n) is 3.47. The van der Waals surface area contributed by atoms with Gasteiger partial charge in [-0.2, -0.15) is 13.5 Å². The molecule has 3 saturated heterocycles. The van der Waals surface area contributed by atoms with Gasteiger partial charge < -0.3 is 15.5 Å². The van der Waals surface area contributed by atoms with Crippen LogP contribution in [0.5, 0.6) is 0 Å². The van der Waals surface area contributed by atoms with Crippen molar-refractivity contribution in [3.8, 4) is 0 Å². The number of rotatable bonds is 6. The summed E-state index contributed by atoms with van der Waals surface area (Å²) in [7, 11) is -4.82. The van der Waals surface area contributed by atoms with E-state index in [1.807, 2.05) is 0 Å². The van der Waals surface area contributed by atoms with Crippen LogP contribution in [-0.2, 0) is 24.3 Å². The van der Waals surface area contributed by atoms with Crippen LogP contribution in [0.1, 0.15) is 19.3 Å². The number of hydrogen-bond acceptors (Lipinski definition) is 7. The van der Waals surface area contributed by atoms with Gasteiger partial charge in [-0.3, -0.25) is 14.1 Å². The summed E-state index contributed by atoms with van der Waals surface area (Å²) in [6.07, 6.45) is 1.40. The number of hydroxylamine groups is 2. The molecule has 0 aromatic rings. The van der Waals surface area contributed by atoms with E-state index in [1.165, 1.54) is 4.90 Å². The highest BCUT2D eigenvalue weighted by Gasteiger charge is 2.49. The zero-order valence-electron chi connectivity index (χ0n) is 13.4. The molecule has 3 N–H and O–H groups in total. The van der Waals surface area contributed by atoms with E-state index >= 15 is 0 Å². The van der Waals surface area contributed by atoms with Gasteiger partial charge in [0.1, 0.15) is 6.04 Å². The monoisotopic (exact) mass is 376 g/mol. The van der Waals surface area contributed by atoms with Crippen molar-refractivity contribution in [2.45, 2.75) is 31.3 Å². The number of Topliss-reactive ketones (excluding diaryl/α,β-unsaturated/α-hetero) is 1. The predicted molar refractivity (Wildman–Crippen MR) is 82.4 cm³/mol. The summed E-state index contributed by atoms with van der Waals surface area (Å²) in [6.45, 7) is 1.40. The van der Waals surface area contributed by atoms with Crippen LogP contribution in [-0.4, -0.2) is 78.9 Å². The molecule has 1 unspecified atom stereocenters. The highest BCUT2D eigenvalue weighted by Crippen LogP contribution is 2.30. The molecular weight excluding hydrogens is 356 g/mol. The molecule has 0 aliphatic carbocycles. The standard InChI is InChI=1S/C13H20N4O7S/c18-11(8-3-4-14-5-8)6-15-12(19)10-2-1-9-7-16(10)13(20)17(9)24-25(21,22)23/h8-10,14H,1-7H2,(H,15,19)(H,21,22,23)/t8?,9-,10+/m1/s1. The van der Waals surface area contributed by atoms with Crippen LogP contribution >= 0.6 is 0 Å². The fourth-order valence-corrected chi connectivity index (χ4v) is 3.86. The summed E-state index contributed by atoms with van der Waals surface area (Å²) in [6, 6.07) is -2.15. The maximum Gasteiger partial charge on any atom is 0.418 e. The minimum absolute atomic E-state index is 0.0591. The largest absolute Gasteiger partial charge is 0.418 e. The third-order valence-corrected chi connectivity index (χ3v) is 5.10. The minimum Gasteiger partial charge on any atom is -0.347 e. The molecule has 3 aliphatic heterocycles. The number of carbonyl (C=O) groups is 3. The van der Waals surface area contributed by atoms with E-state index in [1.54, 1.807) is 0 Å². The van der Waals surface area contributed by atoms with Crippen molar-refractivity contribution in [3.05, 3.63) is 0 Å². The van der Waals surface area contributed by atoms with E-state index in [9.17, 15) is 22.8 Å². The van der Waals surface area contributed by atoms with Crippen LogP contribution in [0.3, 0.4) is 0 Å². The molecule has 3 fully saturated rings. The number of carbonyl (C=O) groups excluding carboxylic acids is 3. The maximum atomic E-state index is 12.3. The number of urea groups is 1. The highest BCUT2D eigenvalue weighted by atomic mass is 32.3. The molecule has 3 aliphatic rings. The van der Waals surface area contributed by atoms with Crippen LogP contribution in [0, 0.1) is 5.92 Å². The summed E-state index contributed by atoms with van der Waals surface area (Å²) in [5.74, 6) is -0.626. The van der Waals surface area contributed by atoms with Crippen molar-refractivity contribution in [2.24, 2.45) is 5.92 Å². The lowest BCUT2D eigenvalue weighted by Crippen LogP contribution is -2.51. The highest BCUT2D eigenvalue weighted by molar-refractivity contribution is 7.80. The Bertz CT molecular complexity index is 676. The lowest BCUT2D eigenvalue weighted by atomic mass is 9.99.